The Hall–Kier alpha value is -2.67. The van der Waals surface area contributed by atoms with Gasteiger partial charge in [-0.3, -0.25) is 0 Å². The van der Waals surface area contributed by atoms with Crippen molar-refractivity contribution in [1.82, 2.24) is 19.6 Å². The second-order valence-electron chi connectivity index (χ2n) is 5.76. The Morgan fingerprint density at radius 1 is 1.27 bits per heavy atom. The number of aromatic nitrogens is 4. The number of carbonyl (C=O) groups is 1. The number of esters is 1. The molecule has 3 rings (SSSR count). The molecule has 1 aromatic carbocycles. The van der Waals surface area contributed by atoms with E-state index in [1.165, 1.54) is 11.8 Å². The lowest BCUT2D eigenvalue weighted by Gasteiger charge is -2.07. The highest BCUT2D eigenvalue weighted by Crippen LogP contribution is 2.23. The first-order valence-electron chi connectivity index (χ1n) is 8.28. The van der Waals surface area contributed by atoms with E-state index in [2.05, 4.69) is 15.1 Å². The van der Waals surface area contributed by atoms with Gasteiger partial charge in [0.05, 0.1) is 5.56 Å². The van der Waals surface area contributed by atoms with Gasteiger partial charge in [-0.05, 0) is 38.5 Å². The van der Waals surface area contributed by atoms with E-state index in [1.54, 1.807) is 16.7 Å². The Morgan fingerprint density at radius 2 is 2.08 bits per heavy atom. The van der Waals surface area contributed by atoms with E-state index >= 15 is 0 Å². The van der Waals surface area contributed by atoms with Gasteiger partial charge < -0.3 is 4.74 Å². The maximum absolute atomic E-state index is 12.3. The van der Waals surface area contributed by atoms with E-state index in [9.17, 15) is 4.79 Å². The lowest BCUT2D eigenvalue weighted by atomic mass is 10.1. The predicted octanol–water partition coefficient (Wildman–Crippen LogP) is 3.77. The fourth-order valence-corrected chi connectivity index (χ4v) is 3.32. The molecule has 7 heteroatoms. The molecule has 0 bridgehead atoms. The molecule has 0 aliphatic rings. The molecular formula is C19H20N4O2S. The highest BCUT2D eigenvalue weighted by atomic mass is 32.2. The number of ether oxygens (including phenoxy) is 1. The average molecular weight is 368 g/mol. The Balaban J connectivity index is 1.76. The fraction of sp³-hybridized carbons (Fsp3) is 0.263. The van der Waals surface area contributed by atoms with Crippen LogP contribution >= 0.6 is 11.8 Å². The van der Waals surface area contributed by atoms with E-state index < -0.39 is 0 Å². The molecular weight excluding hydrogens is 348 g/mol. The summed E-state index contributed by atoms with van der Waals surface area (Å²) in [5.41, 5.74) is 3.36. The van der Waals surface area contributed by atoms with Crippen molar-refractivity contribution >= 4 is 23.5 Å². The number of hydrogen-bond acceptors (Lipinski definition) is 6. The van der Waals surface area contributed by atoms with Gasteiger partial charge in [0.2, 0.25) is 5.16 Å². The maximum Gasteiger partial charge on any atom is 0.338 e. The molecule has 0 unspecified atom stereocenters. The van der Waals surface area contributed by atoms with Gasteiger partial charge in [-0.25, -0.2) is 14.3 Å². The first kappa shape index (κ1) is 18.1. The van der Waals surface area contributed by atoms with Crippen LogP contribution in [0.3, 0.4) is 0 Å². The van der Waals surface area contributed by atoms with Gasteiger partial charge in [0, 0.05) is 17.1 Å². The van der Waals surface area contributed by atoms with Crippen LogP contribution in [0.25, 0.3) is 5.78 Å². The van der Waals surface area contributed by atoms with Crippen LogP contribution in [0.4, 0.5) is 0 Å². The van der Waals surface area contributed by atoms with E-state index in [0.29, 0.717) is 22.3 Å². The summed E-state index contributed by atoms with van der Waals surface area (Å²) >= 11 is 1.47. The van der Waals surface area contributed by atoms with Crippen LogP contribution in [-0.2, 0) is 10.5 Å². The minimum atomic E-state index is -0.324. The van der Waals surface area contributed by atoms with Crippen LogP contribution in [0.2, 0.25) is 0 Å². The van der Waals surface area contributed by atoms with Crippen LogP contribution in [0.5, 0.6) is 0 Å². The van der Waals surface area contributed by atoms with Crippen LogP contribution in [0, 0.1) is 13.8 Å². The molecule has 0 atom stereocenters. The zero-order valence-electron chi connectivity index (χ0n) is 15.0. The van der Waals surface area contributed by atoms with Crippen molar-refractivity contribution in [3.63, 3.8) is 0 Å². The summed E-state index contributed by atoms with van der Waals surface area (Å²) in [7, 11) is 0. The molecule has 2 aromatic heterocycles. The number of allylic oxidation sites excluding steroid dienone is 1. The van der Waals surface area contributed by atoms with E-state index in [4.69, 9.17) is 4.74 Å². The number of thioether (sulfide) groups is 1. The van der Waals surface area contributed by atoms with Crippen molar-refractivity contribution in [3.05, 3.63) is 65.0 Å². The number of benzene rings is 1. The lowest BCUT2D eigenvalue weighted by Crippen LogP contribution is -2.08. The highest BCUT2D eigenvalue weighted by molar-refractivity contribution is 7.98. The molecule has 0 aliphatic carbocycles. The molecule has 6 nitrogen and oxygen atoms in total. The molecule has 0 aliphatic heterocycles. The number of hydrogen-bond donors (Lipinski definition) is 0. The van der Waals surface area contributed by atoms with Gasteiger partial charge in [-0.15, -0.1) is 5.10 Å². The quantitative estimate of drug-likeness (QED) is 0.375. The second kappa shape index (κ2) is 8.14. The smallest absolute Gasteiger partial charge is 0.338 e. The Morgan fingerprint density at radius 3 is 2.88 bits per heavy atom. The topological polar surface area (TPSA) is 69.4 Å². The molecule has 0 radical (unpaired) electrons. The molecule has 3 aromatic rings. The molecule has 0 fully saturated rings. The van der Waals surface area contributed by atoms with Crippen molar-refractivity contribution in [2.24, 2.45) is 0 Å². The molecule has 0 saturated heterocycles. The SMILES string of the molecule is C/C=C/COC(=O)c1ccccc1CSc1nc2nc(C)cc(C)n2n1. The monoisotopic (exact) mass is 368 g/mol. The zero-order chi connectivity index (χ0) is 18.5. The summed E-state index contributed by atoms with van der Waals surface area (Å²) in [5, 5.41) is 5.11. The number of fused-ring (bicyclic) bond motifs is 1. The van der Waals surface area contributed by atoms with Crippen molar-refractivity contribution < 1.29 is 9.53 Å². The summed E-state index contributed by atoms with van der Waals surface area (Å²) in [6.45, 7) is 6.07. The zero-order valence-corrected chi connectivity index (χ0v) is 15.8. The number of aryl methyl sites for hydroxylation is 2. The maximum atomic E-state index is 12.3. The van der Waals surface area contributed by atoms with Gasteiger partial charge in [0.15, 0.2) is 0 Å². The van der Waals surface area contributed by atoms with Crippen LogP contribution in [-0.4, -0.2) is 32.2 Å². The second-order valence-corrected chi connectivity index (χ2v) is 6.70. The Kier molecular flexibility index (Phi) is 5.68. The minimum absolute atomic E-state index is 0.273. The number of nitrogens with zero attached hydrogens (tertiary/aromatic N) is 4. The van der Waals surface area contributed by atoms with Gasteiger partial charge >= 0.3 is 5.97 Å². The Labute approximate surface area is 156 Å². The van der Waals surface area contributed by atoms with Gasteiger partial charge in [-0.2, -0.15) is 4.98 Å². The fourth-order valence-electron chi connectivity index (χ4n) is 2.49. The molecule has 0 saturated carbocycles. The van der Waals surface area contributed by atoms with E-state index in [1.807, 2.05) is 51.1 Å². The summed E-state index contributed by atoms with van der Waals surface area (Å²) in [4.78, 5) is 21.1. The molecule has 134 valence electrons. The predicted molar refractivity (Wildman–Crippen MR) is 101 cm³/mol. The van der Waals surface area contributed by atoms with Crippen molar-refractivity contribution in [3.8, 4) is 0 Å². The van der Waals surface area contributed by atoms with Crippen LogP contribution in [0.15, 0.2) is 47.6 Å². The average Bonchev–Trinajstić information content (AvgIpc) is 3.03. The summed E-state index contributed by atoms with van der Waals surface area (Å²) < 4.78 is 6.99. The first-order valence-corrected chi connectivity index (χ1v) is 9.27. The van der Waals surface area contributed by atoms with Crippen molar-refractivity contribution in [2.75, 3.05) is 6.61 Å². The van der Waals surface area contributed by atoms with Gasteiger partial charge in [-0.1, -0.05) is 42.1 Å². The standard InChI is InChI=1S/C19H20N4O2S/c1-4-5-10-25-17(24)16-9-7-6-8-15(16)12-26-19-21-18-20-13(2)11-14(3)23(18)22-19/h4-9,11H,10,12H2,1-3H3/b5-4+. The summed E-state index contributed by atoms with van der Waals surface area (Å²) in [5.74, 6) is 0.837. The van der Waals surface area contributed by atoms with Crippen molar-refractivity contribution in [1.29, 1.82) is 0 Å². The largest absolute Gasteiger partial charge is 0.458 e. The molecule has 0 spiro atoms. The van der Waals surface area contributed by atoms with Crippen LogP contribution < -0.4 is 0 Å². The molecule has 2 heterocycles. The van der Waals surface area contributed by atoms with E-state index in [-0.39, 0.29) is 12.6 Å². The third kappa shape index (κ3) is 4.11. The van der Waals surface area contributed by atoms with Crippen molar-refractivity contribution in [2.45, 2.75) is 31.7 Å². The summed E-state index contributed by atoms with van der Waals surface area (Å²) in [6, 6.07) is 9.40. The highest BCUT2D eigenvalue weighted by Gasteiger charge is 2.14. The van der Waals surface area contributed by atoms with Gasteiger partial charge in [0.1, 0.15) is 6.61 Å². The molecule has 0 N–H and O–H groups in total. The third-order valence-corrected chi connectivity index (χ3v) is 4.63. The molecule has 0 amide bonds. The lowest BCUT2D eigenvalue weighted by molar-refractivity contribution is 0.0548. The van der Waals surface area contributed by atoms with E-state index in [0.717, 1.165) is 17.0 Å². The third-order valence-electron chi connectivity index (χ3n) is 3.74. The Bertz CT molecular complexity index is 965. The normalized spacial score (nSPS) is 11.3. The summed E-state index contributed by atoms with van der Waals surface area (Å²) in [6.07, 6.45) is 3.65. The minimum Gasteiger partial charge on any atom is -0.458 e. The number of rotatable bonds is 6. The first-order chi connectivity index (χ1) is 12.6. The van der Waals surface area contributed by atoms with Crippen LogP contribution in [0.1, 0.15) is 34.2 Å². The molecule has 26 heavy (non-hydrogen) atoms. The van der Waals surface area contributed by atoms with Gasteiger partial charge in [0.25, 0.3) is 5.78 Å². The number of carbonyl (C=O) groups excluding carboxylic acids is 1.